The normalized spacial score (nSPS) is 11.9. The van der Waals surface area contributed by atoms with E-state index in [0.29, 0.717) is 17.9 Å². The highest BCUT2D eigenvalue weighted by atomic mass is 35.5. The Labute approximate surface area is 180 Å². The van der Waals surface area contributed by atoms with Crippen LogP contribution >= 0.6 is 11.6 Å². The lowest BCUT2D eigenvalue weighted by Gasteiger charge is -2.14. The third-order valence-corrected chi connectivity index (χ3v) is 6.46. The Bertz CT molecular complexity index is 1160. The van der Waals surface area contributed by atoms with Gasteiger partial charge in [-0.3, -0.25) is 4.79 Å². The van der Waals surface area contributed by atoms with Gasteiger partial charge >= 0.3 is 0 Å². The lowest BCUT2D eigenvalue weighted by molar-refractivity contribution is 0.0981. The van der Waals surface area contributed by atoms with E-state index in [1.165, 1.54) is 28.9 Å². The van der Waals surface area contributed by atoms with E-state index in [4.69, 9.17) is 16.3 Å². The van der Waals surface area contributed by atoms with Gasteiger partial charge in [0.15, 0.2) is 5.82 Å². The molecule has 0 radical (unpaired) electrons. The molecule has 0 saturated carbocycles. The van der Waals surface area contributed by atoms with E-state index >= 15 is 0 Å². The van der Waals surface area contributed by atoms with Gasteiger partial charge in [0, 0.05) is 12.3 Å². The number of benzene rings is 1. The van der Waals surface area contributed by atoms with Crippen molar-refractivity contribution in [2.75, 3.05) is 6.23 Å². The fourth-order valence-electron chi connectivity index (χ4n) is 2.36. The summed E-state index contributed by atoms with van der Waals surface area (Å²) in [5.41, 5.74) is -0.0673. The Morgan fingerprint density at radius 2 is 1.83 bits per heavy atom. The zero-order valence-corrected chi connectivity index (χ0v) is 19.2. The molecule has 3 rings (SSSR count). The molecule has 1 amide bonds. The van der Waals surface area contributed by atoms with Crippen molar-refractivity contribution in [2.45, 2.75) is 24.5 Å². The molecule has 0 atom stereocenters. The number of carbonyl (C=O) groups excluding carboxylic acids is 1. The highest BCUT2D eigenvalue weighted by Crippen LogP contribution is 2.19. The Balaban J connectivity index is 1.76. The summed E-state index contributed by atoms with van der Waals surface area (Å²) in [4.78, 5) is 16.6. The minimum absolute atomic E-state index is 0.0264. The first-order valence-corrected chi connectivity index (χ1v) is 14.6. The van der Waals surface area contributed by atoms with Gasteiger partial charge in [0.25, 0.3) is 15.9 Å². The topological polar surface area (TPSA) is 103 Å². The molecule has 2 aromatic heterocycles. The number of sulfonamides is 1. The van der Waals surface area contributed by atoms with Crippen LogP contribution in [0.1, 0.15) is 10.4 Å². The molecule has 0 fully saturated rings. The van der Waals surface area contributed by atoms with Gasteiger partial charge in [0.1, 0.15) is 5.15 Å². The molecule has 0 unspecified atom stereocenters. The van der Waals surface area contributed by atoms with Crippen LogP contribution in [0, 0.1) is 0 Å². The third-order valence-electron chi connectivity index (χ3n) is 3.81. The van der Waals surface area contributed by atoms with E-state index in [0.717, 1.165) is 0 Å². The number of amides is 1. The van der Waals surface area contributed by atoms with Crippen molar-refractivity contribution in [1.29, 1.82) is 0 Å². The van der Waals surface area contributed by atoms with Crippen LogP contribution in [0.25, 0.3) is 5.82 Å². The van der Waals surface area contributed by atoms with Crippen molar-refractivity contribution in [1.82, 2.24) is 19.5 Å². The van der Waals surface area contributed by atoms with Crippen LogP contribution in [0.4, 0.5) is 0 Å². The summed E-state index contributed by atoms with van der Waals surface area (Å²) in [5, 5.41) is 4.15. The van der Waals surface area contributed by atoms with E-state index in [9.17, 15) is 13.2 Å². The Kier molecular flexibility index (Phi) is 6.29. The molecule has 30 heavy (non-hydrogen) atoms. The summed E-state index contributed by atoms with van der Waals surface area (Å²) in [6.45, 7) is 6.56. The largest absolute Gasteiger partial charge is 0.480 e. The van der Waals surface area contributed by atoms with Crippen molar-refractivity contribution < 1.29 is 17.9 Å². The molecular weight excluding hydrogens is 444 g/mol. The standard InChI is InChI=1S/C19H21ClN4O4SSi/c1-30(2,3)13-28-17-11-12-24(22-17)16-10-9-15(18(20)21-16)19(25)23-29(26,27)14-7-5-4-6-8-14/h4-12H,13H2,1-3H3,(H,23,25). The first-order valence-electron chi connectivity index (χ1n) is 9.03. The second kappa shape index (κ2) is 8.58. The third kappa shape index (κ3) is 5.46. The molecule has 0 saturated heterocycles. The average molecular weight is 465 g/mol. The van der Waals surface area contributed by atoms with E-state index in [2.05, 4.69) is 29.7 Å². The molecule has 0 aliphatic carbocycles. The van der Waals surface area contributed by atoms with Gasteiger partial charge in [-0.25, -0.2) is 22.8 Å². The first-order chi connectivity index (χ1) is 14.0. The molecule has 11 heteroatoms. The highest BCUT2D eigenvalue weighted by molar-refractivity contribution is 7.90. The molecule has 0 bridgehead atoms. The van der Waals surface area contributed by atoms with Crippen molar-refractivity contribution in [3.05, 3.63) is 65.4 Å². The maximum Gasteiger partial charge on any atom is 0.268 e. The SMILES string of the molecule is C[Si](C)(C)COc1ccn(-c2ccc(C(=O)NS(=O)(=O)c3ccccc3)c(Cl)n2)n1. The predicted molar refractivity (Wildman–Crippen MR) is 116 cm³/mol. The summed E-state index contributed by atoms with van der Waals surface area (Å²) in [7, 11) is -5.40. The van der Waals surface area contributed by atoms with E-state index in [1.54, 1.807) is 30.5 Å². The maximum atomic E-state index is 12.4. The summed E-state index contributed by atoms with van der Waals surface area (Å²) < 4.78 is 33.8. The molecule has 3 aromatic rings. The van der Waals surface area contributed by atoms with Gasteiger partial charge < -0.3 is 4.74 Å². The molecule has 2 heterocycles. The second-order valence-electron chi connectivity index (χ2n) is 7.70. The molecule has 1 N–H and O–H groups in total. The molecule has 0 spiro atoms. The number of rotatable bonds is 7. The van der Waals surface area contributed by atoms with Gasteiger partial charge in [0.2, 0.25) is 5.88 Å². The lowest BCUT2D eigenvalue weighted by Crippen LogP contribution is -2.31. The average Bonchev–Trinajstić information content (AvgIpc) is 3.15. The van der Waals surface area contributed by atoms with Crippen LogP contribution in [0.3, 0.4) is 0 Å². The number of aromatic nitrogens is 3. The first kappa shape index (κ1) is 22.0. The minimum Gasteiger partial charge on any atom is -0.480 e. The van der Waals surface area contributed by atoms with Crippen LogP contribution in [-0.4, -0.2) is 43.4 Å². The van der Waals surface area contributed by atoms with E-state index in [-0.39, 0.29) is 15.6 Å². The summed E-state index contributed by atoms with van der Waals surface area (Å²) in [6, 6.07) is 12.2. The van der Waals surface area contributed by atoms with Gasteiger partial charge in [0.05, 0.1) is 24.8 Å². The summed E-state index contributed by atoms with van der Waals surface area (Å²) >= 11 is 6.14. The molecule has 0 aliphatic rings. The lowest BCUT2D eigenvalue weighted by atomic mass is 10.3. The van der Waals surface area contributed by atoms with Gasteiger partial charge in [-0.15, -0.1) is 5.10 Å². The van der Waals surface area contributed by atoms with Crippen LogP contribution < -0.4 is 9.46 Å². The second-order valence-corrected chi connectivity index (χ2v) is 15.2. The monoisotopic (exact) mass is 464 g/mol. The van der Waals surface area contributed by atoms with Crippen LogP contribution in [0.2, 0.25) is 24.8 Å². The summed E-state index contributed by atoms with van der Waals surface area (Å²) in [5.74, 6) is -0.0426. The molecule has 158 valence electrons. The quantitative estimate of drug-likeness (QED) is 0.425. The molecule has 0 aliphatic heterocycles. The number of nitrogens with zero attached hydrogens (tertiary/aromatic N) is 3. The van der Waals surface area contributed by atoms with Gasteiger partial charge in [-0.2, -0.15) is 0 Å². The predicted octanol–water partition coefficient (Wildman–Crippen LogP) is 3.30. The van der Waals surface area contributed by atoms with Crippen LogP contribution in [0.15, 0.2) is 59.6 Å². The summed E-state index contributed by atoms with van der Waals surface area (Å²) in [6.07, 6.45) is 2.30. The van der Waals surface area contributed by atoms with Crippen LogP contribution in [-0.2, 0) is 10.0 Å². The number of hydrogen-bond acceptors (Lipinski definition) is 6. The molecule has 8 nitrogen and oxygen atoms in total. The zero-order chi connectivity index (χ0) is 21.9. The van der Waals surface area contributed by atoms with Crippen molar-refractivity contribution >= 4 is 35.6 Å². The van der Waals surface area contributed by atoms with E-state index < -0.39 is 24.0 Å². The van der Waals surface area contributed by atoms with Crippen molar-refractivity contribution in [2.24, 2.45) is 0 Å². The number of nitrogens with one attached hydrogen (secondary N) is 1. The number of ether oxygens (including phenoxy) is 1. The Morgan fingerprint density at radius 3 is 2.47 bits per heavy atom. The maximum absolute atomic E-state index is 12.4. The number of pyridine rings is 1. The Hall–Kier alpha value is -2.69. The fourth-order valence-corrected chi connectivity index (χ4v) is 4.16. The van der Waals surface area contributed by atoms with Crippen LogP contribution in [0.5, 0.6) is 5.88 Å². The number of carbonyl (C=O) groups is 1. The van der Waals surface area contributed by atoms with Gasteiger partial charge in [-0.1, -0.05) is 49.4 Å². The molecular formula is C19H21ClN4O4SSi. The van der Waals surface area contributed by atoms with E-state index in [1.807, 2.05) is 4.72 Å². The Morgan fingerprint density at radius 1 is 1.13 bits per heavy atom. The number of halogens is 1. The van der Waals surface area contributed by atoms with Crippen molar-refractivity contribution in [3.8, 4) is 11.7 Å². The number of hydrogen-bond donors (Lipinski definition) is 1. The fraction of sp³-hybridized carbons (Fsp3) is 0.211. The molecule has 1 aromatic carbocycles. The smallest absolute Gasteiger partial charge is 0.268 e. The highest BCUT2D eigenvalue weighted by Gasteiger charge is 2.21. The van der Waals surface area contributed by atoms with Crippen molar-refractivity contribution in [3.63, 3.8) is 0 Å². The zero-order valence-electron chi connectivity index (χ0n) is 16.7. The van der Waals surface area contributed by atoms with Gasteiger partial charge in [-0.05, 0) is 24.3 Å². The minimum atomic E-state index is -4.02.